The van der Waals surface area contributed by atoms with Gasteiger partial charge in [-0.2, -0.15) is 0 Å². The molecule has 0 saturated heterocycles. The van der Waals surface area contributed by atoms with Gasteiger partial charge in [0.25, 0.3) is 0 Å². The third-order valence-electron chi connectivity index (χ3n) is 1.89. The first kappa shape index (κ1) is 18.8. The van der Waals surface area contributed by atoms with Crippen LogP contribution in [0.5, 0.6) is 0 Å². The van der Waals surface area contributed by atoms with E-state index in [-0.39, 0.29) is 24.0 Å². The number of carbonyl (C=O) groups excluding carboxylic acids is 2. The van der Waals surface area contributed by atoms with Crippen LogP contribution in [0.3, 0.4) is 0 Å². The summed E-state index contributed by atoms with van der Waals surface area (Å²) in [6, 6.07) is -1.74. The highest BCUT2D eigenvalue weighted by molar-refractivity contribution is 8.76. The maximum absolute atomic E-state index is 11.6. The van der Waals surface area contributed by atoms with Crippen LogP contribution in [0.4, 0.5) is 0 Å². The van der Waals surface area contributed by atoms with Gasteiger partial charge < -0.3 is 20.9 Å². The van der Waals surface area contributed by atoms with Crippen molar-refractivity contribution in [2.75, 3.05) is 18.1 Å². The molecular formula is C11H18N2O5S2. The number of carboxylic acids is 1. The van der Waals surface area contributed by atoms with Gasteiger partial charge in [0.15, 0.2) is 0 Å². The number of aliphatic carboxylic acids is 1. The standard InChI is InChI=1S/C11H18N2O5S2/c1-3-4-18-11(17)9(13-7(2)14)6-20-19-5-8(12)10(15)16/h3,8-9H,1,4-6,12H2,2H3,(H,13,14)(H,15,16)/t8?,9-/m1/s1. The number of hydrogen-bond donors (Lipinski definition) is 3. The van der Waals surface area contributed by atoms with Crippen molar-refractivity contribution in [3.8, 4) is 0 Å². The number of carbonyl (C=O) groups is 3. The van der Waals surface area contributed by atoms with Gasteiger partial charge in [-0.1, -0.05) is 34.2 Å². The third kappa shape index (κ3) is 8.83. The molecule has 0 saturated carbocycles. The summed E-state index contributed by atoms with van der Waals surface area (Å²) in [5.41, 5.74) is 5.33. The molecule has 0 fully saturated rings. The van der Waals surface area contributed by atoms with E-state index in [1.807, 2.05) is 0 Å². The SMILES string of the molecule is C=CCOC(=O)[C@@H](CSSCC(N)C(=O)O)NC(C)=O. The highest BCUT2D eigenvalue weighted by Crippen LogP contribution is 2.22. The number of nitrogens with one attached hydrogen (secondary N) is 1. The molecule has 0 aromatic heterocycles. The zero-order valence-corrected chi connectivity index (χ0v) is 12.7. The number of nitrogens with two attached hydrogens (primary N) is 1. The zero-order chi connectivity index (χ0) is 15.5. The average molecular weight is 322 g/mol. The Kier molecular flexibility index (Phi) is 9.95. The second kappa shape index (κ2) is 10.6. The van der Waals surface area contributed by atoms with Gasteiger partial charge in [0, 0.05) is 18.4 Å². The van der Waals surface area contributed by atoms with Crippen molar-refractivity contribution < 1.29 is 24.2 Å². The van der Waals surface area contributed by atoms with Crippen LogP contribution in [0.2, 0.25) is 0 Å². The van der Waals surface area contributed by atoms with Crippen LogP contribution < -0.4 is 11.1 Å². The molecule has 20 heavy (non-hydrogen) atoms. The summed E-state index contributed by atoms with van der Waals surface area (Å²) >= 11 is 0. The quantitative estimate of drug-likeness (QED) is 0.223. The Morgan fingerprint density at radius 1 is 1.40 bits per heavy atom. The highest BCUT2D eigenvalue weighted by atomic mass is 33.1. The van der Waals surface area contributed by atoms with E-state index < -0.39 is 24.0 Å². The van der Waals surface area contributed by atoms with Gasteiger partial charge in [-0.3, -0.25) is 9.59 Å². The maximum Gasteiger partial charge on any atom is 0.329 e. The van der Waals surface area contributed by atoms with Crippen molar-refractivity contribution in [3.63, 3.8) is 0 Å². The Labute approximate surface area is 125 Å². The van der Waals surface area contributed by atoms with Crippen LogP contribution in [-0.4, -0.2) is 53.1 Å². The van der Waals surface area contributed by atoms with E-state index in [0.29, 0.717) is 0 Å². The van der Waals surface area contributed by atoms with Gasteiger partial charge in [0.1, 0.15) is 18.7 Å². The molecule has 2 atom stereocenters. The number of hydrogen-bond acceptors (Lipinski definition) is 7. The van der Waals surface area contributed by atoms with Gasteiger partial charge in [-0.05, 0) is 0 Å². The van der Waals surface area contributed by atoms with Crippen molar-refractivity contribution in [3.05, 3.63) is 12.7 Å². The number of carboxylic acid groups (broad SMARTS) is 1. The van der Waals surface area contributed by atoms with Crippen LogP contribution in [0.15, 0.2) is 12.7 Å². The van der Waals surface area contributed by atoms with Crippen molar-refractivity contribution in [1.29, 1.82) is 0 Å². The van der Waals surface area contributed by atoms with E-state index in [0.717, 1.165) is 0 Å². The first-order valence-corrected chi connectivity index (χ1v) is 8.14. The fourth-order valence-corrected chi connectivity index (χ4v) is 3.23. The topological polar surface area (TPSA) is 119 Å². The minimum atomic E-state index is -1.08. The molecule has 0 aromatic carbocycles. The normalized spacial score (nSPS) is 13.1. The summed E-state index contributed by atoms with van der Waals surface area (Å²) in [7, 11) is 2.46. The number of esters is 1. The molecule has 114 valence electrons. The van der Waals surface area contributed by atoms with Crippen LogP contribution in [0.1, 0.15) is 6.92 Å². The number of rotatable bonds is 10. The summed E-state index contributed by atoms with van der Waals surface area (Å²) in [6.07, 6.45) is 1.43. The minimum Gasteiger partial charge on any atom is -0.480 e. The lowest BCUT2D eigenvalue weighted by Crippen LogP contribution is -2.42. The first-order valence-electron chi connectivity index (χ1n) is 5.66. The molecule has 4 N–H and O–H groups in total. The van der Waals surface area contributed by atoms with Gasteiger partial charge in [0.2, 0.25) is 5.91 Å². The lowest BCUT2D eigenvalue weighted by molar-refractivity contribution is -0.145. The Morgan fingerprint density at radius 2 is 2.00 bits per heavy atom. The molecule has 0 aliphatic carbocycles. The maximum atomic E-state index is 11.6. The van der Waals surface area contributed by atoms with Gasteiger partial charge in [-0.25, -0.2) is 4.79 Å². The van der Waals surface area contributed by atoms with E-state index in [1.54, 1.807) is 0 Å². The molecule has 9 heteroatoms. The Balaban J connectivity index is 4.16. The molecule has 1 unspecified atom stereocenters. The van der Waals surface area contributed by atoms with Crippen molar-refractivity contribution in [2.24, 2.45) is 5.73 Å². The van der Waals surface area contributed by atoms with E-state index in [4.69, 9.17) is 15.6 Å². The predicted octanol–water partition coefficient (Wildman–Crippen LogP) is 0.0136. The molecule has 7 nitrogen and oxygen atoms in total. The second-order valence-electron chi connectivity index (χ2n) is 3.69. The van der Waals surface area contributed by atoms with E-state index in [9.17, 15) is 14.4 Å². The lowest BCUT2D eigenvalue weighted by Gasteiger charge is -2.15. The molecule has 1 amide bonds. The first-order chi connectivity index (χ1) is 9.38. The van der Waals surface area contributed by atoms with Crippen LogP contribution in [-0.2, 0) is 19.1 Å². The van der Waals surface area contributed by atoms with Crippen LogP contribution in [0.25, 0.3) is 0 Å². The number of amides is 1. The van der Waals surface area contributed by atoms with Crippen LogP contribution >= 0.6 is 21.6 Å². The van der Waals surface area contributed by atoms with E-state index in [1.165, 1.54) is 34.6 Å². The third-order valence-corrected chi connectivity index (χ3v) is 4.34. The molecule has 0 aliphatic rings. The van der Waals surface area contributed by atoms with E-state index >= 15 is 0 Å². The molecule has 0 heterocycles. The van der Waals surface area contributed by atoms with Crippen molar-refractivity contribution >= 4 is 39.4 Å². The largest absolute Gasteiger partial charge is 0.480 e. The Morgan fingerprint density at radius 3 is 2.50 bits per heavy atom. The smallest absolute Gasteiger partial charge is 0.329 e. The van der Waals surface area contributed by atoms with Gasteiger partial charge in [-0.15, -0.1) is 0 Å². The van der Waals surface area contributed by atoms with Crippen LogP contribution in [0, 0.1) is 0 Å². The fraction of sp³-hybridized carbons (Fsp3) is 0.545. The Bertz CT molecular complexity index is 365. The fourth-order valence-electron chi connectivity index (χ4n) is 0.965. The monoisotopic (exact) mass is 322 g/mol. The molecule has 0 bridgehead atoms. The van der Waals surface area contributed by atoms with Gasteiger partial charge >= 0.3 is 11.9 Å². The summed E-state index contributed by atoms with van der Waals surface area (Å²) in [4.78, 5) is 33.2. The highest BCUT2D eigenvalue weighted by Gasteiger charge is 2.21. The molecule has 0 aliphatic heterocycles. The Hall–Kier alpha value is -1.19. The minimum absolute atomic E-state index is 0.0661. The lowest BCUT2D eigenvalue weighted by atomic mass is 10.3. The molecular weight excluding hydrogens is 304 g/mol. The second-order valence-corrected chi connectivity index (χ2v) is 6.24. The van der Waals surface area contributed by atoms with E-state index in [2.05, 4.69) is 11.9 Å². The summed E-state index contributed by atoms with van der Waals surface area (Å²) in [6.45, 7) is 4.78. The number of ether oxygens (including phenoxy) is 1. The summed E-state index contributed by atoms with van der Waals surface area (Å²) < 4.78 is 4.86. The van der Waals surface area contributed by atoms with Gasteiger partial charge in [0.05, 0.1) is 0 Å². The molecule has 0 rings (SSSR count). The summed E-state index contributed by atoms with van der Waals surface area (Å²) in [5, 5.41) is 11.1. The van der Waals surface area contributed by atoms with Crippen molar-refractivity contribution in [2.45, 2.75) is 19.0 Å². The molecule has 0 aromatic rings. The predicted molar refractivity (Wildman–Crippen MR) is 79.3 cm³/mol. The zero-order valence-electron chi connectivity index (χ0n) is 11.0. The van der Waals surface area contributed by atoms with Crippen molar-refractivity contribution in [1.82, 2.24) is 5.32 Å². The molecule has 0 spiro atoms. The molecule has 0 radical (unpaired) electrons. The average Bonchev–Trinajstić information content (AvgIpc) is 2.38. The summed E-state index contributed by atoms with van der Waals surface area (Å²) in [5.74, 6) is -1.53.